The van der Waals surface area contributed by atoms with E-state index in [1.54, 1.807) is 18.6 Å². The van der Waals surface area contributed by atoms with Gasteiger partial charge in [0.2, 0.25) is 5.13 Å². The van der Waals surface area contributed by atoms with E-state index >= 15 is 0 Å². The monoisotopic (exact) mass is 427 g/mol. The average molecular weight is 428 g/mol. The first-order valence-electron chi connectivity index (χ1n) is 8.72. The van der Waals surface area contributed by atoms with Crippen molar-refractivity contribution in [1.82, 2.24) is 19.7 Å². The number of hydrogen-bond donors (Lipinski definition) is 1. The third kappa shape index (κ3) is 3.95. The molecule has 0 unspecified atom stereocenters. The topological polar surface area (TPSA) is 99.0 Å². The molecule has 1 amide bonds. The molecule has 1 aromatic carbocycles. The average Bonchev–Trinajstić information content (AvgIpc) is 3.29. The number of amides is 1. The van der Waals surface area contributed by atoms with Gasteiger partial charge in [0.1, 0.15) is 16.4 Å². The maximum Gasteiger partial charge on any atom is 0.267 e. The highest BCUT2D eigenvalue weighted by atomic mass is 32.1. The second kappa shape index (κ2) is 8.19. The van der Waals surface area contributed by atoms with Gasteiger partial charge in [-0.25, -0.2) is 4.98 Å². The van der Waals surface area contributed by atoms with E-state index in [-0.39, 0.29) is 11.5 Å². The van der Waals surface area contributed by atoms with Gasteiger partial charge in [0.25, 0.3) is 11.5 Å². The molecule has 3 heterocycles. The predicted octanol–water partition coefficient (Wildman–Crippen LogP) is 3.06. The quantitative estimate of drug-likeness (QED) is 0.508. The van der Waals surface area contributed by atoms with Gasteiger partial charge < -0.3 is 4.74 Å². The second-order valence-electron chi connectivity index (χ2n) is 6.29. The second-order valence-corrected chi connectivity index (χ2v) is 8.35. The maximum atomic E-state index is 13.0. The summed E-state index contributed by atoms with van der Waals surface area (Å²) < 4.78 is 6.57. The highest BCUT2D eigenvalue weighted by Gasteiger charge is 2.20. The van der Waals surface area contributed by atoms with Gasteiger partial charge in [0.15, 0.2) is 0 Å². The van der Waals surface area contributed by atoms with Crippen molar-refractivity contribution in [2.45, 2.75) is 20.1 Å². The van der Waals surface area contributed by atoms with Gasteiger partial charge in [-0.2, -0.15) is 0 Å². The zero-order chi connectivity index (χ0) is 20.4. The number of ether oxygens (including phenoxy) is 1. The van der Waals surface area contributed by atoms with Crippen molar-refractivity contribution in [3.05, 3.63) is 68.0 Å². The third-order valence-electron chi connectivity index (χ3n) is 4.27. The van der Waals surface area contributed by atoms with Crippen LogP contribution in [0.15, 0.2) is 41.5 Å². The van der Waals surface area contributed by atoms with Crippen LogP contribution in [0.3, 0.4) is 0 Å². The Morgan fingerprint density at radius 3 is 2.76 bits per heavy atom. The Kier molecular flexibility index (Phi) is 5.47. The van der Waals surface area contributed by atoms with Crippen LogP contribution >= 0.6 is 22.7 Å². The number of thiophene rings is 1. The number of aromatic nitrogens is 4. The molecule has 3 aromatic heterocycles. The molecule has 0 radical (unpaired) electrons. The number of hydrogen-bond acceptors (Lipinski definition) is 8. The van der Waals surface area contributed by atoms with Gasteiger partial charge in [0.05, 0.1) is 23.1 Å². The van der Waals surface area contributed by atoms with E-state index in [1.807, 2.05) is 30.3 Å². The number of aryl methyl sites for hydroxylation is 1. The minimum Gasteiger partial charge on any atom is -0.377 e. The van der Waals surface area contributed by atoms with Crippen LogP contribution in [-0.4, -0.2) is 32.8 Å². The van der Waals surface area contributed by atoms with Gasteiger partial charge in [-0.15, -0.1) is 21.5 Å². The highest BCUT2D eigenvalue weighted by Crippen LogP contribution is 2.28. The molecule has 4 rings (SSSR count). The van der Waals surface area contributed by atoms with Gasteiger partial charge in [-0.05, 0) is 18.1 Å². The summed E-state index contributed by atoms with van der Waals surface area (Å²) in [5, 5.41) is 12.1. The molecule has 10 heteroatoms. The fourth-order valence-corrected chi connectivity index (χ4v) is 4.65. The van der Waals surface area contributed by atoms with Crippen molar-refractivity contribution < 1.29 is 9.53 Å². The molecule has 8 nitrogen and oxygen atoms in total. The Labute approximate surface area is 173 Å². The number of nitrogens with one attached hydrogen (secondary N) is 1. The Morgan fingerprint density at radius 1 is 1.21 bits per heavy atom. The zero-order valence-electron chi connectivity index (χ0n) is 15.7. The molecule has 29 heavy (non-hydrogen) atoms. The minimum atomic E-state index is -0.334. The van der Waals surface area contributed by atoms with Crippen LogP contribution < -0.4 is 10.9 Å². The number of carbonyl (C=O) groups is 1. The molecule has 0 saturated carbocycles. The van der Waals surface area contributed by atoms with Crippen LogP contribution in [0.4, 0.5) is 5.13 Å². The molecular weight excluding hydrogens is 410 g/mol. The number of anilines is 1. The van der Waals surface area contributed by atoms with Crippen molar-refractivity contribution >= 4 is 43.9 Å². The van der Waals surface area contributed by atoms with Gasteiger partial charge in [0, 0.05) is 7.11 Å². The van der Waals surface area contributed by atoms with Crippen LogP contribution in [0.5, 0.6) is 0 Å². The lowest BCUT2D eigenvalue weighted by molar-refractivity contribution is 0.103. The van der Waals surface area contributed by atoms with Crippen molar-refractivity contribution in [1.29, 1.82) is 0 Å². The Bertz CT molecular complexity index is 1230. The molecule has 0 spiro atoms. The predicted molar refractivity (Wildman–Crippen MR) is 113 cm³/mol. The van der Waals surface area contributed by atoms with E-state index in [0.29, 0.717) is 43.9 Å². The molecule has 1 N–H and O–H groups in total. The summed E-state index contributed by atoms with van der Waals surface area (Å²) in [6.45, 7) is 2.52. The lowest BCUT2D eigenvalue weighted by atomic mass is 10.2. The molecule has 0 atom stereocenters. The Balaban J connectivity index is 1.63. The van der Waals surface area contributed by atoms with Crippen molar-refractivity contribution in [2.75, 3.05) is 12.4 Å². The summed E-state index contributed by atoms with van der Waals surface area (Å²) in [4.78, 5) is 31.1. The SMILES string of the molecule is COCc1nnc(NC(=O)c2sc3ncn(Cc4ccccc4)c(=O)c3c2C)s1. The zero-order valence-corrected chi connectivity index (χ0v) is 17.3. The molecule has 0 bridgehead atoms. The Morgan fingerprint density at radius 2 is 2.00 bits per heavy atom. The van der Waals surface area contributed by atoms with E-state index in [9.17, 15) is 9.59 Å². The molecule has 0 aliphatic heterocycles. The molecule has 0 saturated heterocycles. The summed E-state index contributed by atoms with van der Waals surface area (Å²) >= 11 is 2.44. The summed E-state index contributed by atoms with van der Waals surface area (Å²) in [7, 11) is 1.57. The molecular formula is C19H17N5O3S2. The summed E-state index contributed by atoms with van der Waals surface area (Å²) in [6.07, 6.45) is 1.52. The molecule has 0 fully saturated rings. The standard InChI is InChI=1S/C19H17N5O3S2/c1-11-14-17(20-10-24(18(14)26)8-12-6-4-3-5-7-12)29-15(11)16(25)21-19-23-22-13(28-19)9-27-2/h3-7,10H,8-9H2,1-2H3,(H,21,23,25). The maximum absolute atomic E-state index is 13.0. The first kappa shape index (κ1) is 19.4. The largest absolute Gasteiger partial charge is 0.377 e. The third-order valence-corrected chi connectivity index (χ3v) is 6.29. The summed E-state index contributed by atoms with van der Waals surface area (Å²) in [5.41, 5.74) is 1.46. The molecule has 148 valence electrons. The van der Waals surface area contributed by atoms with Crippen LogP contribution in [0.1, 0.15) is 25.8 Å². The Hall–Kier alpha value is -2.95. The normalized spacial score (nSPS) is 11.1. The van der Waals surface area contributed by atoms with Gasteiger partial charge in [-0.1, -0.05) is 41.7 Å². The lowest BCUT2D eigenvalue weighted by Gasteiger charge is -2.05. The first-order valence-corrected chi connectivity index (χ1v) is 10.3. The first-order chi connectivity index (χ1) is 14.1. The summed E-state index contributed by atoms with van der Waals surface area (Å²) in [6, 6.07) is 9.69. The number of nitrogens with zero attached hydrogens (tertiary/aromatic N) is 4. The molecule has 0 aliphatic rings. The van der Waals surface area contributed by atoms with Crippen LogP contribution in [0.25, 0.3) is 10.2 Å². The van der Waals surface area contributed by atoms with E-state index < -0.39 is 0 Å². The van der Waals surface area contributed by atoms with E-state index in [1.165, 1.54) is 29.0 Å². The number of methoxy groups -OCH3 is 1. The lowest BCUT2D eigenvalue weighted by Crippen LogP contribution is -2.21. The fourth-order valence-electron chi connectivity index (χ4n) is 2.91. The van der Waals surface area contributed by atoms with Crippen molar-refractivity contribution in [2.24, 2.45) is 0 Å². The van der Waals surface area contributed by atoms with E-state index in [0.717, 1.165) is 5.56 Å². The van der Waals surface area contributed by atoms with Crippen LogP contribution in [-0.2, 0) is 17.9 Å². The number of rotatable bonds is 6. The van der Waals surface area contributed by atoms with E-state index in [2.05, 4.69) is 20.5 Å². The van der Waals surface area contributed by atoms with Crippen LogP contribution in [0, 0.1) is 6.92 Å². The summed E-state index contributed by atoms with van der Waals surface area (Å²) in [5.74, 6) is -0.334. The van der Waals surface area contributed by atoms with E-state index in [4.69, 9.17) is 4.74 Å². The van der Waals surface area contributed by atoms with Crippen LogP contribution in [0.2, 0.25) is 0 Å². The molecule has 0 aliphatic carbocycles. The fraction of sp³-hybridized carbons (Fsp3) is 0.211. The van der Waals surface area contributed by atoms with Gasteiger partial charge in [-0.3, -0.25) is 19.5 Å². The smallest absolute Gasteiger partial charge is 0.267 e. The van der Waals surface area contributed by atoms with Gasteiger partial charge >= 0.3 is 0 Å². The highest BCUT2D eigenvalue weighted by molar-refractivity contribution is 7.21. The van der Waals surface area contributed by atoms with Crippen molar-refractivity contribution in [3.63, 3.8) is 0 Å². The molecule has 4 aromatic rings. The minimum absolute atomic E-state index is 0.162. The number of fused-ring (bicyclic) bond motifs is 1. The number of carbonyl (C=O) groups excluding carboxylic acids is 1. The van der Waals surface area contributed by atoms with Crippen molar-refractivity contribution in [3.8, 4) is 0 Å². The number of benzene rings is 1.